The van der Waals surface area contributed by atoms with E-state index in [1.807, 2.05) is 6.07 Å². The Kier molecular flexibility index (Phi) is 6.75. The number of H-pyrrole nitrogens is 1. The number of benzene rings is 3. The van der Waals surface area contributed by atoms with E-state index in [9.17, 15) is 14.0 Å². The lowest BCUT2D eigenvalue weighted by Crippen LogP contribution is -2.37. The first-order valence-electron chi connectivity index (χ1n) is 12.3. The molecule has 0 bridgehead atoms. The number of aromatic amines is 1. The Morgan fingerprint density at radius 1 is 0.925 bits per heavy atom. The average molecular weight is 557 g/mol. The summed E-state index contributed by atoms with van der Waals surface area (Å²) in [5.41, 5.74) is 4.92. The van der Waals surface area contributed by atoms with Gasteiger partial charge in [-0.25, -0.2) is 13.8 Å². The summed E-state index contributed by atoms with van der Waals surface area (Å²) in [4.78, 5) is 7.91. The lowest BCUT2D eigenvalue weighted by molar-refractivity contribution is -0.909. The normalized spacial score (nSPS) is 12.0. The summed E-state index contributed by atoms with van der Waals surface area (Å²) in [7, 11) is 0. The highest BCUT2D eigenvalue weighted by atomic mass is 35.5. The van der Waals surface area contributed by atoms with Gasteiger partial charge in [0.1, 0.15) is 29.7 Å². The van der Waals surface area contributed by atoms with Gasteiger partial charge in [0.2, 0.25) is 11.9 Å². The lowest BCUT2D eigenvalue weighted by atomic mass is 9.94. The van der Waals surface area contributed by atoms with Crippen molar-refractivity contribution in [3.63, 3.8) is 0 Å². The molecule has 0 spiro atoms. The molecule has 1 unspecified atom stereocenters. The van der Waals surface area contributed by atoms with Gasteiger partial charge in [0.25, 0.3) is 0 Å². The Morgan fingerprint density at radius 2 is 1.65 bits per heavy atom. The van der Waals surface area contributed by atoms with Crippen LogP contribution in [0.25, 0.3) is 28.1 Å². The molecule has 198 valence electrons. The third-order valence-electron chi connectivity index (χ3n) is 6.62. The molecule has 3 aromatic heterocycles. The third kappa shape index (κ3) is 5.16. The van der Waals surface area contributed by atoms with Crippen molar-refractivity contribution in [2.75, 3.05) is 0 Å². The quantitative estimate of drug-likeness (QED) is 0.198. The number of halogens is 3. The first kappa shape index (κ1) is 25.3. The van der Waals surface area contributed by atoms with Crippen molar-refractivity contribution in [3.8, 4) is 28.1 Å². The van der Waals surface area contributed by atoms with Crippen LogP contribution in [0, 0.1) is 11.6 Å². The van der Waals surface area contributed by atoms with E-state index < -0.39 is 5.92 Å². The molecule has 0 amide bonds. The summed E-state index contributed by atoms with van der Waals surface area (Å²) in [5, 5.41) is 23.2. The van der Waals surface area contributed by atoms with E-state index in [0.717, 1.165) is 15.9 Å². The molecule has 3 aromatic carbocycles. The molecule has 8 nitrogen and oxygen atoms in total. The monoisotopic (exact) mass is 556 g/mol. The van der Waals surface area contributed by atoms with E-state index in [1.54, 1.807) is 60.9 Å². The number of tetrazole rings is 1. The van der Waals surface area contributed by atoms with E-state index in [1.165, 1.54) is 35.3 Å². The van der Waals surface area contributed by atoms with Gasteiger partial charge in [0.15, 0.2) is 0 Å². The van der Waals surface area contributed by atoms with Gasteiger partial charge < -0.3 is 4.98 Å². The molecule has 0 saturated carbocycles. The Labute approximate surface area is 232 Å². The zero-order chi connectivity index (χ0) is 27.6. The summed E-state index contributed by atoms with van der Waals surface area (Å²) in [6, 6.07) is 21.2. The molecule has 1 atom stereocenters. The van der Waals surface area contributed by atoms with Gasteiger partial charge in [-0.3, -0.25) is 5.21 Å². The fourth-order valence-electron chi connectivity index (χ4n) is 4.63. The van der Waals surface area contributed by atoms with Crippen LogP contribution < -0.4 is 4.73 Å². The maximum atomic E-state index is 13.6. The Hall–Kier alpha value is -4.96. The molecule has 6 rings (SSSR count). The van der Waals surface area contributed by atoms with Gasteiger partial charge in [0.05, 0.1) is 23.1 Å². The molecule has 0 aliphatic heterocycles. The second-order valence-corrected chi connectivity index (χ2v) is 9.61. The van der Waals surface area contributed by atoms with Crippen LogP contribution >= 0.6 is 11.6 Å². The van der Waals surface area contributed by atoms with Crippen molar-refractivity contribution < 1.29 is 18.7 Å². The molecule has 40 heavy (non-hydrogen) atoms. The fourth-order valence-corrected chi connectivity index (χ4v) is 4.81. The van der Waals surface area contributed by atoms with Crippen LogP contribution in [0.4, 0.5) is 8.78 Å². The third-order valence-corrected chi connectivity index (χ3v) is 6.85. The smallest absolute Gasteiger partial charge is 0.245 e. The van der Waals surface area contributed by atoms with Crippen molar-refractivity contribution in [2.45, 2.75) is 12.3 Å². The number of nitrogens with zero attached hydrogens (tertiary/aromatic N) is 6. The molecule has 6 aromatic rings. The van der Waals surface area contributed by atoms with Gasteiger partial charge in [0, 0.05) is 21.4 Å². The van der Waals surface area contributed by atoms with Crippen LogP contribution in [0.2, 0.25) is 5.02 Å². The van der Waals surface area contributed by atoms with Crippen LogP contribution in [0.5, 0.6) is 0 Å². The number of rotatable bonds is 7. The maximum Gasteiger partial charge on any atom is 0.245 e. The first-order valence-corrected chi connectivity index (χ1v) is 12.7. The number of nitrogens with one attached hydrogen (secondary N) is 1. The zero-order valence-electron chi connectivity index (χ0n) is 20.8. The van der Waals surface area contributed by atoms with E-state index >= 15 is 0 Å². The van der Waals surface area contributed by atoms with E-state index in [0.29, 0.717) is 45.5 Å². The van der Waals surface area contributed by atoms with Gasteiger partial charge in [-0.1, -0.05) is 23.7 Å². The highest BCUT2D eigenvalue weighted by molar-refractivity contribution is 6.31. The summed E-state index contributed by atoms with van der Waals surface area (Å²) >= 11 is 6.30. The largest absolute Gasteiger partial charge is 0.341 e. The maximum absolute atomic E-state index is 13.6. The van der Waals surface area contributed by atoms with Crippen molar-refractivity contribution in [1.82, 2.24) is 30.2 Å². The highest BCUT2D eigenvalue weighted by Gasteiger charge is 2.29. The van der Waals surface area contributed by atoms with Gasteiger partial charge in [-0.2, -0.15) is 4.68 Å². The summed E-state index contributed by atoms with van der Waals surface area (Å²) in [5.74, 6) is -0.520. The number of hydrogen-bond donors (Lipinski definition) is 2. The van der Waals surface area contributed by atoms with E-state index in [4.69, 9.17) is 11.6 Å². The predicted molar refractivity (Wildman–Crippen MR) is 143 cm³/mol. The Morgan fingerprint density at radius 3 is 2.35 bits per heavy atom. The molecule has 0 radical (unpaired) electrons. The number of hydrogen-bond acceptors (Lipinski definition) is 5. The second-order valence-electron chi connectivity index (χ2n) is 9.18. The van der Waals surface area contributed by atoms with Crippen molar-refractivity contribution in [1.29, 1.82) is 0 Å². The molecular formula is C29H21ClF2N7O+. The van der Waals surface area contributed by atoms with Crippen LogP contribution in [-0.2, 0) is 6.42 Å². The number of aromatic nitrogens is 7. The van der Waals surface area contributed by atoms with Crippen LogP contribution in [0.15, 0.2) is 97.6 Å². The molecule has 11 heteroatoms. The topological polar surface area (TPSA) is 96.4 Å². The molecular weight excluding hydrogens is 536 g/mol. The van der Waals surface area contributed by atoms with E-state index in [2.05, 4.69) is 25.5 Å². The summed E-state index contributed by atoms with van der Waals surface area (Å²) < 4.78 is 29.6. The first-order chi connectivity index (χ1) is 19.4. The van der Waals surface area contributed by atoms with E-state index in [-0.39, 0.29) is 11.6 Å². The predicted octanol–water partition coefficient (Wildman–Crippen LogP) is 5.55. The number of pyridine rings is 1. The van der Waals surface area contributed by atoms with Gasteiger partial charge in [-0.05, 0) is 88.6 Å². The number of imidazole rings is 1. The molecule has 2 N–H and O–H groups in total. The average Bonchev–Trinajstić information content (AvgIpc) is 3.67. The summed E-state index contributed by atoms with van der Waals surface area (Å²) in [6.45, 7) is 0. The highest BCUT2D eigenvalue weighted by Crippen LogP contribution is 2.31. The van der Waals surface area contributed by atoms with Crippen molar-refractivity contribution >= 4 is 11.6 Å². The molecule has 0 aliphatic rings. The van der Waals surface area contributed by atoms with Gasteiger partial charge in [-0.15, -0.1) is 5.10 Å². The molecule has 0 aliphatic carbocycles. The standard InChI is InChI=1S/C29H21ClF2N7O/c30-21-6-12-27(38-17-34-36-37-38)24(14-21)20-5-11-28(39(40)16-20)25(13-18-1-7-22(31)8-2-18)29-33-15-26(35-29)19-3-9-23(32)10-4-19/h1-12,14-17,25,40H,13H2,(H,33,35)/q+1. The van der Waals surface area contributed by atoms with Gasteiger partial charge >= 0.3 is 0 Å². The molecule has 0 fully saturated rings. The van der Waals surface area contributed by atoms with Crippen LogP contribution in [0.3, 0.4) is 0 Å². The van der Waals surface area contributed by atoms with Crippen molar-refractivity contribution in [3.05, 3.63) is 131 Å². The SMILES string of the molecule is O[n+]1cc(-c2cc(Cl)ccc2-n2cnnn2)ccc1C(Cc1ccc(F)cc1)c1ncc(-c2ccc(F)cc2)[nH]1. The Bertz CT molecular complexity index is 1770. The van der Waals surface area contributed by atoms with Crippen LogP contribution in [-0.4, -0.2) is 35.4 Å². The Balaban J connectivity index is 1.41. The molecule has 0 saturated heterocycles. The van der Waals surface area contributed by atoms with Crippen molar-refractivity contribution in [2.24, 2.45) is 0 Å². The van der Waals surface area contributed by atoms with Crippen LogP contribution in [0.1, 0.15) is 23.0 Å². The minimum Gasteiger partial charge on any atom is -0.341 e. The summed E-state index contributed by atoms with van der Waals surface area (Å²) in [6.07, 6.45) is 5.14. The zero-order valence-corrected chi connectivity index (χ0v) is 21.5. The lowest BCUT2D eigenvalue weighted by Gasteiger charge is -2.13. The minimum atomic E-state index is -0.433. The fraction of sp³-hybridized carbons (Fsp3) is 0.0690. The minimum absolute atomic E-state index is 0.331. The molecule has 3 heterocycles. The second kappa shape index (κ2) is 10.7.